The zero-order valence-corrected chi connectivity index (χ0v) is 18.8. The van der Waals surface area contributed by atoms with Crippen LogP contribution in [0, 0.1) is 6.92 Å². The van der Waals surface area contributed by atoms with E-state index >= 15 is 0 Å². The molecule has 0 saturated carbocycles. The molecule has 6 nitrogen and oxygen atoms in total. The molecule has 4 rings (SSSR count). The number of ether oxygens (including phenoxy) is 1. The van der Waals surface area contributed by atoms with E-state index in [0.717, 1.165) is 16.7 Å². The van der Waals surface area contributed by atoms with E-state index in [1.807, 2.05) is 42.6 Å². The summed E-state index contributed by atoms with van der Waals surface area (Å²) in [6.07, 6.45) is 0. The molecule has 162 valence electrons. The Hall–Kier alpha value is -2.52. The molecule has 3 aromatic rings. The number of benzene rings is 2. The van der Waals surface area contributed by atoms with Crippen LogP contribution in [0.15, 0.2) is 64.9 Å². The number of carbonyl (C=O) groups excluding carboxylic acids is 1. The van der Waals surface area contributed by atoms with Gasteiger partial charge in [-0.25, -0.2) is 8.42 Å². The molecule has 0 unspecified atom stereocenters. The molecular weight excluding hydrogens is 432 g/mol. The highest BCUT2D eigenvalue weighted by Gasteiger charge is 2.28. The van der Waals surface area contributed by atoms with E-state index in [0.29, 0.717) is 36.7 Å². The second kappa shape index (κ2) is 9.32. The standard InChI is InChI=1S/C23H24N2O4S2/c1-17-6-8-18(9-7-17)20-10-15-30-22(20)23(26)24-16-19-4-2-3-5-21(19)31(27,28)25-11-13-29-14-12-25/h2-10,15H,11-14,16H2,1H3,(H,24,26). The summed E-state index contributed by atoms with van der Waals surface area (Å²) in [5.74, 6) is -0.218. The van der Waals surface area contributed by atoms with E-state index in [1.54, 1.807) is 24.3 Å². The van der Waals surface area contributed by atoms with Crippen molar-refractivity contribution in [3.63, 3.8) is 0 Å². The first-order valence-corrected chi connectivity index (χ1v) is 12.4. The summed E-state index contributed by atoms with van der Waals surface area (Å²) in [7, 11) is -3.64. The average Bonchev–Trinajstić information content (AvgIpc) is 3.29. The molecule has 2 heterocycles. The predicted molar refractivity (Wildman–Crippen MR) is 122 cm³/mol. The number of hydrogen-bond acceptors (Lipinski definition) is 5. The maximum Gasteiger partial charge on any atom is 0.262 e. The Bertz CT molecular complexity index is 1160. The summed E-state index contributed by atoms with van der Waals surface area (Å²) in [5.41, 5.74) is 3.57. The van der Waals surface area contributed by atoms with Crippen molar-refractivity contribution < 1.29 is 17.9 Å². The van der Waals surface area contributed by atoms with Gasteiger partial charge in [0.25, 0.3) is 5.91 Å². The van der Waals surface area contributed by atoms with Crippen molar-refractivity contribution in [1.29, 1.82) is 0 Å². The molecule has 1 fully saturated rings. The summed E-state index contributed by atoms with van der Waals surface area (Å²) >= 11 is 1.37. The molecule has 0 bridgehead atoms. The number of nitrogens with one attached hydrogen (secondary N) is 1. The summed E-state index contributed by atoms with van der Waals surface area (Å²) in [6.45, 7) is 3.59. The largest absolute Gasteiger partial charge is 0.379 e. The number of nitrogens with zero attached hydrogens (tertiary/aromatic N) is 1. The van der Waals surface area contributed by atoms with Gasteiger partial charge >= 0.3 is 0 Å². The van der Waals surface area contributed by atoms with E-state index in [2.05, 4.69) is 5.32 Å². The number of hydrogen-bond donors (Lipinski definition) is 1. The number of sulfonamides is 1. The van der Waals surface area contributed by atoms with Gasteiger partial charge in [0, 0.05) is 25.2 Å². The lowest BCUT2D eigenvalue weighted by molar-refractivity contribution is 0.0730. The molecule has 2 aromatic carbocycles. The molecule has 0 atom stereocenters. The van der Waals surface area contributed by atoms with E-state index in [9.17, 15) is 13.2 Å². The lowest BCUT2D eigenvalue weighted by atomic mass is 10.0. The Morgan fingerprint density at radius 2 is 1.77 bits per heavy atom. The first-order valence-electron chi connectivity index (χ1n) is 10.1. The number of morpholine rings is 1. The lowest BCUT2D eigenvalue weighted by Gasteiger charge is -2.27. The first kappa shape index (κ1) is 21.7. The molecule has 1 amide bonds. The number of rotatable bonds is 6. The lowest BCUT2D eigenvalue weighted by Crippen LogP contribution is -2.41. The van der Waals surface area contributed by atoms with Crippen molar-refractivity contribution in [2.24, 2.45) is 0 Å². The summed E-state index contributed by atoms with van der Waals surface area (Å²) in [4.78, 5) is 13.8. The molecule has 0 spiro atoms. The maximum absolute atomic E-state index is 13.1. The highest BCUT2D eigenvalue weighted by molar-refractivity contribution is 7.89. The van der Waals surface area contributed by atoms with Crippen LogP contribution in [0.3, 0.4) is 0 Å². The number of carbonyl (C=O) groups is 1. The molecule has 0 radical (unpaired) electrons. The van der Waals surface area contributed by atoms with Crippen LogP contribution in [0.2, 0.25) is 0 Å². The third-order valence-electron chi connectivity index (χ3n) is 5.23. The van der Waals surface area contributed by atoms with E-state index in [1.165, 1.54) is 15.6 Å². The third kappa shape index (κ3) is 4.72. The van der Waals surface area contributed by atoms with Crippen LogP contribution in [0.25, 0.3) is 11.1 Å². The Kier molecular flexibility index (Phi) is 6.52. The van der Waals surface area contributed by atoms with Gasteiger partial charge in [-0.1, -0.05) is 48.0 Å². The highest BCUT2D eigenvalue weighted by Crippen LogP contribution is 2.29. The van der Waals surface area contributed by atoms with Gasteiger partial charge in [-0.2, -0.15) is 4.31 Å². The quantitative estimate of drug-likeness (QED) is 0.614. The van der Waals surface area contributed by atoms with Gasteiger partial charge in [-0.15, -0.1) is 11.3 Å². The zero-order chi connectivity index (χ0) is 21.8. The van der Waals surface area contributed by atoms with Crippen molar-refractivity contribution in [3.05, 3.63) is 76.0 Å². The van der Waals surface area contributed by atoms with E-state index in [-0.39, 0.29) is 17.3 Å². The van der Waals surface area contributed by atoms with Crippen LogP contribution in [0.4, 0.5) is 0 Å². The summed E-state index contributed by atoms with van der Waals surface area (Å²) in [5, 5.41) is 4.79. The van der Waals surface area contributed by atoms with Crippen molar-refractivity contribution in [1.82, 2.24) is 9.62 Å². The Morgan fingerprint density at radius 3 is 2.52 bits per heavy atom. The Labute approximate surface area is 186 Å². The van der Waals surface area contributed by atoms with Crippen molar-refractivity contribution in [2.45, 2.75) is 18.4 Å². The predicted octanol–water partition coefficient (Wildman–Crippen LogP) is 3.67. The van der Waals surface area contributed by atoms with Crippen LogP contribution in [0.5, 0.6) is 0 Å². The molecule has 1 N–H and O–H groups in total. The maximum atomic E-state index is 13.1. The van der Waals surface area contributed by atoms with Crippen LogP contribution >= 0.6 is 11.3 Å². The molecule has 1 aliphatic rings. The second-order valence-electron chi connectivity index (χ2n) is 7.34. The van der Waals surface area contributed by atoms with E-state index < -0.39 is 10.0 Å². The Morgan fingerprint density at radius 1 is 1.06 bits per heavy atom. The van der Waals surface area contributed by atoms with Crippen molar-refractivity contribution in [3.8, 4) is 11.1 Å². The van der Waals surface area contributed by atoms with Crippen molar-refractivity contribution >= 4 is 27.3 Å². The third-order valence-corrected chi connectivity index (χ3v) is 8.15. The van der Waals surface area contributed by atoms with Crippen molar-refractivity contribution in [2.75, 3.05) is 26.3 Å². The van der Waals surface area contributed by atoms with E-state index in [4.69, 9.17) is 4.74 Å². The minimum atomic E-state index is -3.64. The average molecular weight is 457 g/mol. The summed E-state index contributed by atoms with van der Waals surface area (Å²) in [6, 6.07) is 16.8. The van der Waals surface area contributed by atoms with Crippen LogP contribution < -0.4 is 5.32 Å². The minimum Gasteiger partial charge on any atom is -0.379 e. The van der Waals surface area contributed by atoms with Crippen LogP contribution in [-0.2, 0) is 21.3 Å². The summed E-state index contributed by atoms with van der Waals surface area (Å²) < 4.78 is 32.9. The Balaban J connectivity index is 1.53. The second-order valence-corrected chi connectivity index (χ2v) is 10.2. The number of amides is 1. The fourth-order valence-corrected chi connectivity index (χ4v) is 5.99. The molecule has 1 aromatic heterocycles. The normalized spacial score (nSPS) is 15.0. The highest BCUT2D eigenvalue weighted by atomic mass is 32.2. The van der Waals surface area contributed by atoms with Gasteiger partial charge in [0.05, 0.1) is 23.0 Å². The molecular formula is C23H24N2O4S2. The zero-order valence-electron chi connectivity index (χ0n) is 17.2. The molecule has 8 heteroatoms. The fourth-order valence-electron chi connectivity index (χ4n) is 3.53. The number of aryl methyl sites for hydroxylation is 1. The smallest absolute Gasteiger partial charge is 0.262 e. The fraction of sp³-hybridized carbons (Fsp3) is 0.261. The minimum absolute atomic E-state index is 0.129. The number of thiophene rings is 1. The van der Waals surface area contributed by atoms with Crippen LogP contribution in [0.1, 0.15) is 20.8 Å². The van der Waals surface area contributed by atoms with Gasteiger partial charge in [-0.3, -0.25) is 4.79 Å². The monoisotopic (exact) mass is 456 g/mol. The van der Waals surface area contributed by atoms with Gasteiger partial charge in [0.2, 0.25) is 10.0 Å². The molecule has 31 heavy (non-hydrogen) atoms. The van der Waals surface area contributed by atoms with Gasteiger partial charge in [0.15, 0.2) is 0 Å². The molecule has 1 saturated heterocycles. The van der Waals surface area contributed by atoms with Crippen LogP contribution in [-0.4, -0.2) is 44.9 Å². The molecule has 1 aliphatic heterocycles. The topological polar surface area (TPSA) is 75.7 Å². The van der Waals surface area contributed by atoms with Gasteiger partial charge < -0.3 is 10.1 Å². The van der Waals surface area contributed by atoms with Gasteiger partial charge in [0.1, 0.15) is 0 Å². The first-order chi connectivity index (χ1) is 15.0. The van der Waals surface area contributed by atoms with Gasteiger partial charge in [-0.05, 0) is 35.6 Å². The SMILES string of the molecule is Cc1ccc(-c2ccsc2C(=O)NCc2ccccc2S(=O)(=O)N2CCOCC2)cc1. The molecule has 0 aliphatic carbocycles.